The van der Waals surface area contributed by atoms with Crippen molar-refractivity contribution in [1.29, 1.82) is 0 Å². The lowest BCUT2D eigenvalue weighted by Gasteiger charge is -2.23. The van der Waals surface area contributed by atoms with Crippen LogP contribution in [0.15, 0.2) is 27.7 Å². The maximum absolute atomic E-state index is 13.2. The van der Waals surface area contributed by atoms with Crippen molar-refractivity contribution in [2.24, 2.45) is 4.99 Å². The largest absolute Gasteiger partial charge is 0.369 e. The molecule has 20 heavy (non-hydrogen) atoms. The monoisotopic (exact) mass is 338 g/mol. The highest BCUT2D eigenvalue weighted by Crippen LogP contribution is 2.25. The standard InChI is InChI=1S/C15H16BrFN2O/c16-10-7-9(5-6-11(10)17)14(20)8-15-18-12-3-1-2-4-13(12)19-15/h5-7,12-13H,1-4,8H2,(H,18,19)/t12-,13-/m1/s1. The SMILES string of the molecule is O=C(CC1=N[C@@H]2CCCC[C@H]2N1)c1ccc(F)c(Br)c1. The summed E-state index contributed by atoms with van der Waals surface area (Å²) in [7, 11) is 0. The van der Waals surface area contributed by atoms with E-state index < -0.39 is 0 Å². The van der Waals surface area contributed by atoms with E-state index >= 15 is 0 Å². The number of rotatable bonds is 3. The topological polar surface area (TPSA) is 41.5 Å². The summed E-state index contributed by atoms with van der Waals surface area (Å²) in [4.78, 5) is 16.8. The molecule has 1 aromatic carbocycles. The maximum Gasteiger partial charge on any atom is 0.170 e. The minimum Gasteiger partial charge on any atom is -0.369 e. The average molecular weight is 339 g/mol. The first-order valence-corrected chi connectivity index (χ1v) is 7.74. The van der Waals surface area contributed by atoms with Crippen LogP contribution in [0.2, 0.25) is 0 Å². The first kappa shape index (κ1) is 13.7. The van der Waals surface area contributed by atoms with Crippen molar-refractivity contribution in [3.63, 3.8) is 0 Å². The van der Waals surface area contributed by atoms with Gasteiger partial charge in [-0.3, -0.25) is 9.79 Å². The molecule has 1 aliphatic heterocycles. The predicted octanol–water partition coefficient (Wildman–Crippen LogP) is 3.47. The Balaban J connectivity index is 1.68. The van der Waals surface area contributed by atoms with Crippen LogP contribution in [0, 0.1) is 5.82 Å². The summed E-state index contributed by atoms with van der Waals surface area (Å²) in [5, 5.41) is 3.36. The normalized spacial score (nSPS) is 24.8. The fourth-order valence-corrected chi connectivity index (χ4v) is 3.28. The molecule has 2 aliphatic rings. The molecule has 106 valence electrons. The van der Waals surface area contributed by atoms with E-state index in [4.69, 9.17) is 0 Å². The van der Waals surface area contributed by atoms with Crippen molar-refractivity contribution in [3.8, 4) is 0 Å². The Labute approximate surface area is 125 Å². The molecule has 0 spiro atoms. The summed E-state index contributed by atoms with van der Waals surface area (Å²) in [6.45, 7) is 0. The number of nitrogens with zero attached hydrogens (tertiary/aromatic N) is 1. The number of ketones is 1. The first-order valence-electron chi connectivity index (χ1n) is 6.95. The van der Waals surface area contributed by atoms with E-state index in [1.807, 2.05) is 0 Å². The lowest BCUT2D eigenvalue weighted by molar-refractivity contribution is 0.1000. The Morgan fingerprint density at radius 1 is 1.40 bits per heavy atom. The van der Waals surface area contributed by atoms with Gasteiger partial charge in [0.05, 0.1) is 16.9 Å². The van der Waals surface area contributed by atoms with Crippen LogP contribution < -0.4 is 5.32 Å². The summed E-state index contributed by atoms with van der Waals surface area (Å²) in [6.07, 6.45) is 4.96. The number of benzene rings is 1. The summed E-state index contributed by atoms with van der Waals surface area (Å²) in [5.74, 6) is 0.395. The molecular weight excluding hydrogens is 323 g/mol. The maximum atomic E-state index is 13.2. The molecule has 3 nitrogen and oxygen atoms in total. The molecule has 1 aliphatic carbocycles. The van der Waals surface area contributed by atoms with Gasteiger partial charge in [-0.2, -0.15) is 0 Å². The van der Waals surface area contributed by atoms with Crippen LogP contribution in [-0.2, 0) is 0 Å². The van der Waals surface area contributed by atoms with E-state index in [2.05, 4.69) is 26.2 Å². The number of nitrogens with one attached hydrogen (secondary N) is 1. The molecule has 0 bridgehead atoms. The van der Waals surface area contributed by atoms with Gasteiger partial charge in [-0.15, -0.1) is 0 Å². The number of amidine groups is 1. The van der Waals surface area contributed by atoms with Gasteiger partial charge in [-0.25, -0.2) is 4.39 Å². The number of halogens is 2. The molecular formula is C15H16BrFN2O. The van der Waals surface area contributed by atoms with Crippen molar-refractivity contribution >= 4 is 27.5 Å². The zero-order valence-corrected chi connectivity index (χ0v) is 12.6. The van der Waals surface area contributed by atoms with Crippen LogP contribution in [0.1, 0.15) is 42.5 Å². The van der Waals surface area contributed by atoms with Gasteiger partial charge in [0.1, 0.15) is 11.7 Å². The lowest BCUT2D eigenvalue weighted by Crippen LogP contribution is -2.37. The van der Waals surface area contributed by atoms with E-state index in [-0.39, 0.29) is 18.0 Å². The molecule has 0 amide bonds. The van der Waals surface area contributed by atoms with Crippen LogP contribution in [0.5, 0.6) is 0 Å². The van der Waals surface area contributed by atoms with Crippen molar-refractivity contribution in [2.75, 3.05) is 0 Å². The third kappa shape index (κ3) is 2.77. The van der Waals surface area contributed by atoms with Crippen LogP contribution in [0.3, 0.4) is 0 Å². The molecule has 0 unspecified atom stereocenters. The Morgan fingerprint density at radius 2 is 2.20 bits per heavy atom. The van der Waals surface area contributed by atoms with E-state index in [9.17, 15) is 9.18 Å². The number of fused-ring (bicyclic) bond motifs is 1. The highest BCUT2D eigenvalue weighted by molar-refractivity contribution is 9.10. The molecule has 0 saturated heterocycles. The number of hydrogen-bond donors (Lipinski definition) is 1. The Bertz CT molecular complexity index is 573. The van der Waals surface area contributed by atoms with E-state index in [1.165, 1.54) is 31.0 Å². The molecule has 1 saturated carbocycles. The first-order chi connectivity index (χ1) is 9.63. The summed E-state index contributed by atoms with van der Waals surface area (Å²) in [5.41, 5.74) is 0.512. The summed E-state index contributed by atoms with van der Waals surface area (Å²) in [6, 6.07) is 5.10. The van der Waals surface area contributed by atoms with Crippen molar-refractivity contribution in [1.82, 2.24) is 5.32 Å². The minimum atomic E-state index is -0.357. The molecule has 1 aromatic rings. The van der Waals surface area contributed by atoms with Gasteiger partial charge in [-0.1, -0.05) is 12.8 Å². The number of carbonyl (C=O) groups is 1. The second kappa shape index (κ2) is 5.64. The van der Waals surface area contributed by atoms with Crippen LogP contribution in [0.4, 0.5) is 4.39 Å². The molecule has 1 heterocycles. The van der Waals surface area contributed by atoms with Gasteiger partial charge >= 0.3 is 0 Å². The summed E-state index contributed by atoms with van der Waals surface area (Å²) >= 11 is 3.10. The van der Waals surface area contributed by atoms with Gasteiger partial charge in [0.25, 0.3) is 0 Å². The van der Waals surface area contributed by atoms with Gasteiger partial charge in [-0.05, 0) is 47.0 Å². The molecule has 1 fully saturated rings. The smallest absolute Gasteiger partial charge is 0.170 e. The summed E-state index contributed by atoms with van der Waals surface area (Å²) < 4.78 is 13.5. The third-order valence-corrected chi connectivity index (χ3v) is 4.58. The number of carbonyl (C=O) groups excluding carboxylic acids is 1. The van der Waals surface area contributed by atoms with Gasteiger partial charge < -0.3 is 5.32 Å². The second-order valence-electron chi connectivity index (χ2n) is 5.41. The highest BCUT2D eigenvalue weighted by atomic mass is 79.9. The molecule has 3 rings (SSSR count). The zero-order chi connectivity index (χ0) is 14.1. The Kier molecular flexibility index (Phi) is 3.87. The van der Waals surface area contributed by atoms with E-state index in [0.29, 0.717) is 22.1 Å². The third-order valence-electron chi connectivity index (χ3n) is 3.97. The Hall–Kier alpha value is -1.23. The van der Waals surface area contributed by atoms with Crippen molar-refractivity contribution < 1.29 is 9.18 Å². The molecule has 0 aromatic heterocycles. The quantitative estimate of drug-likeness (QED) is 0.857. The van der Waals surface area contributed by atoms with E-state index in [1.54, 1.807) is 0 Å². The fraction of sp³-hybridized carbons (Fsp3) is 0.467. The van der Waals surface area contributed by atoms with Crippen LogP contribution >= 0.6 is 15.9 Å². The number of Topliss-reactive ketones (excluding diaryl/α,β-unsaturated/α-hetero) is 1. The predicted molar refractivity (Wildman–Crippen MR) is 79.7 cm³/mol. The van der Waals surface area contributed by atoms with Crippen LogP contribution in [0.25, 0.3) is 0 Å². The lowest BCUT2D eigenvalue weighted by atomic mass is 9.92. The molecule has 2 atom stereocenters. The van der Waals surface area contributed by atoms with Crippen molar-refractivity contribution in [2.45, 2.75) is 44.2 Å². The van der Waals surface area contributed by atoms with E-state index in [0.717, 1.165) is 18.7 Å². The fourth-order valence-electron chi connectivity index (χ4n) is 2.91. The van der Waals surface area contributed by atoms with Gasteiger partial charge in [0, 0.05) is 11.6 Å². The minimum absolute atomic E-state index is 0.0319. The highest BCUT2D eigenvalue weighted by Gasteiger charge is 2.31. The molecule has 1 N–H and O–H groups in total. The molecule has 5 heteroatoms. The Morgan fingerprint density at radius 3 is 2.95 bits per heavy atom. The molecule has 0 radical (unpaired) electrons. The number of hydrogen-bond acceptors (Lipinski definition) is 3. The number of aliphatic imine (C=N–C) groups is 1. The van der Waals surface area contributed by atoms with Crippen molar-refractivity contribution in [3.05, 3.63) is 34.1 Å². The average Bonchev–Trinajstić information content (AvgIpc) is 2.83. The zero-order valence-electron chi connectivity index (χ0n) is 11.0. The van der Waals surface area contributed by atoms with Crippen LogP contribution in [-0.4, -0.2) is 23.7 Å². The second-order valence-corrected chi connectivity index (χ2v) is 6.26. The van der Waals surface area contributed by atoms with Gasteiger partial charge in [0.2, 0.25) is 0 Å². The van der Waals surface area contributed by atoms with Gasteiger partial charge in [0.15, 0.2) is 5.78 Å².